The molecular formula is C21H23N3O4S. The molecule has 0 spiro atoms. The summed E-state index contributed by atoms with van der Waals surface area (Å²) in [5.74, 6) is 0.0915. The van der Waals surface area contributed by atoms with Crippen molar-refractivity contribution in [2.75, 3.05) is 6.61 Å². The van der Waals surface area contributed by atoms with Gasteiger partial charge in [0.15, 0.2) is 5.11 Å². The molecule has 0 radical (unpaired) electrons. The second-order valence-corrected chi connectivity index (χ2v) is 6.56. The lowest BCUT2D eigenvalue weighted by atomic mass is 10.2. The first-order valence-electron chi connectivity index (χ1n) is 8.91. The molecule has 0 unspecified atom stereocenters. The standard InChI is InChI=1S/C21H23N3O4S/c1-4-12-27-18-11-6-5-10-17(18)20(26)23-24-21(29)22-19(25)15-8-7-9-16(13-15)28-14(2)3/h4-11,13-14H,1,12H2,2-3H3,(H,23,26)(H2,22,24,25,29). The van der Waals surface area contributed by atoms with Gasteiger partial charge in [-0.15, -0.1) is 0 Å². The Labute approximate surface area is 175 Å². The molecule has 152 valence electrons. The van der Waals surface area contributed by atoms with E-state index in [1.807, 2.05) is 13.8 Å². The molecule has 0 saturated heterocycles. The Bertz CT molecular complexity index is 899. The van der Waals surface area contributed by atoms with Crippen LogP contribution in [0.2, 0.25) is 0 Å². The van der Waals surface area contributed by atoms with E-state index in [1.54, 1.807) is 54.6 Å². The number of para-hydroxylation sites is 1. The molecule has 0 saturated carbocycles. The minimum absolute atomic E-state index is 0.00963. The van der Waals surface area contributed by atoms with Crippen LogP contribution in [-0.4, -0.2) is 29.6 Å². The first kappa shape index (κ1) is 21.9. The number of ether oxygens (including phenoxy) is 2. The van der Waals surface area contributed by atoms with Gasteiger partial charge in [-0.1, -0.05) is 30.9 Å². The molecule has 8 heteroatoms. The summed E-state index contributed by atoms with van der Waals surface area (Å²) in [6.45, 7) is 7.64. The summed E-state index contributed by atoms with van der Waals surface area (Å²) < 4.78 is 11.0. The van der Waals surface area contributed by atoms with Crippen molar-refractivity contribution in [3.63, 3.8) is 0 Å². The van der Waals surface area contributed by atoms with E-state index in [9.17, 15) is 9.59 Å². The number of carbonyl (C=O) groups is 2. The number of rotatable bonds is 7. The van der Waals surface area contributed by atoms with Crippen molar-refractivity contribution in [1.29, 1.82) is 0 Å². The second kappa shape index (κ2) is 10.8. The Hall–Kier alpha value is -3.39. The van der Waals surface area contributed by atoms with Crippen molar-refractivity contribution in [1.82, 2.24) is 16.2 Å². The maximum absolute atomic E-state index is 12.4. The fraction of sp³-hybridized carbons (Fsp3) is 0.190. The largest absolute Gasteiger partial charge is 0.491 e. The lowest BCUT2D eigenvalue weighted by Crippen LogP contribution is -2.48. The number of benzene rings is 2. The van der Waals surface area contributed by atoms with Crippen LogP contribution in [-0.2, 0) is 0 Å². The third kappa shape index (κ3) is 6.93. The lowest BCUT2D eigenvalue weighted by molar-refractivity contribution is 0.0931. The van der Waals surface area contributed by atoms with Gasteiger partial charge >= 0.3 is 0 Å². The molecule has 3 N–H and O–H groups in total. The van der Waals surface area contributed by atoms with Crippen LogP contribution in [0, 0.1) is 0 Å². The summed E-state index contributed by atoms with van der Waals surface area (Å²) in [6.07, 6.45) is 1.57. The van der Waals surface area contributed by atoms with E-state index in [0.717, 1.165) is 0 Å². The van der Waals surface area contributed by atoms with E-state index in [4.69, 9.17) is 21.7 Å². The Balaban J connectivity index is 1.92. The molecule has 0 bridgehead atoms. The quantitative estimate of drug-likeness (QED) is 0.367. The average Bonchev–Trinajstić information content (AvgIpc) is 2.70. The molecule has 0 aliphatic rings. The molecule has 2 aromatic rings. The predicted molar refractivity (Wildman–Crippen MR) is 115 cm³/mol. The van der Waals surface area contributed by atoms with Gasteiger partial charge in [0.1, 0.15) is 18.1 Å². The summed E-state index contributed by atoms with van der Waals surface area (Å²) in [7, 11) is 0. The van der Waals surface area contributed by atoms with Crippen molar-refractivity contribution < 1.29 is 19.1 Å². The van der Waals surface area contributed by atoms with E-state index < -0.39 is 11.8 Å². The number of hydrogen-bond donors (Lipinski definition) is 3. The van der Waals surface area contributed by atoms with Crippen LogP contribution in [0.5, 0.6) is 11.5 Å². The number of carbonyl (C=O) groups excluding carboxylic acids is 2. The summed E-state index contributed by atoms with van der Waals surface area (Å²) >= 11 is 5.07. The van der Waals surface area contributed by atoms with E-state index in [-0.39, 0.29) is 17.8 Å². The van der Waals surface area contributed by atoms with Gasteiger partial charge < -0.3 is 9.47 Å². The monoisotopic (exact) mass is 413 g/mol. The van der Waals surface area contributed by atoms with E-state index in [2.05, 4.69) is 22.7 Å². The van der Waals surface area contributed by atoms with Crippen LogP contribution in [0.4, 0.5) is 0 Å². The van der Waals surface area contributed by atoms with Crippen LogP contribution in [0.25, 0.3) is 0 Å². The van der Waals surface area contributed by atoms with Crippen LogP contribution in [0.1, 0.15) is 34.6 Å². The summed E-state index contributed by atoms with van der Waals surface area (Å²) in [6, 6.07) is 13.5. The first-order valence-corrected chi connectivity index (χ1v) is 9.32. The van der Waals surface area contributed by atoms with Crippen LogP contribution in [0.15, 0.2) is 61.2 Å². The SMILES string of the molecule is C=CCOc1ccccc1C(=O)NNC(=S)NC(=O)c1cccc(OC(C)C)c1. The minimum Gasteiger partial charge on any atom is -0.491 e. The molecule has 0 aliphatic carbocycles. The topological polar surface area (TPSA) is 88.7 Å². The smallest absolute Gasteiger partial charge is 0.273 e. The van der Waals surface area contributed by atoms with Gasteiger partial charge in [-0.3, -0.25) is 25.8 Å². The molecule has 0 atom stereocenters. The molecule has 2 aromatic carbocycles. The lowest BCUT2D eigenvalue weighted by Gasteiger charge is -2.14. The highest BCUT2D eigenvalue weighted by Crippen LogP contribution is 2.17. The zero-order chi connectivity index (χ0) is 21.2. The minimum atomic E-state index is -0.464. The fourth-order valence-electron chi connectivity index (χ4n) is 2.30. The Morgan fingerprint density at radius 2 is 1.86 bits per heavy atom. The van der Waals surface area contributed by atoms with Crippen molar-refractivity contribution in [2.45, 2.75) is 20.0 Å². The average molecular weight is 413 g/mol. The number of hydrazine groups is 1. The second-order valence-electron chi connectivity index (χ2n) is 6.15. The van der Waals surface area contributed by atoms with Crippen molar-refractivity contribution in [2.24, 2.45) is 0 Å². The van der Waals surface area contributed by atoms with Crippen molar-refractivity contribution >= 4 is 29.1 Å². The number of nitrogens with one attached hydrogen (secondary N) is 3. The third-order valence-electron chi connectivity index (χ3n) is 3.47. The molecule has 0 aromatic heterocycles. The van der Waals surface area contributed by atoms with Crippen LogP contribution in [0.3, 0.4) is 0 Å². The van der Waals surface area contributed by atoms with Gasteiger partial charge in [0, 0.05) is 5.56 Å². The van der Waals surface area contributed by atoms with Gasteiger partial charge in [0.25, 0.3) is 11.8 Å². The molecule has 2 rings (SSSR count). The first-order chi connectivity index (χ1) is 13.9. The highest BCUT2D eigenvalue weighted by Gasteiger charge is 2.13. The van der Waals surface area contributed by atoms with Gasteiger partial charge in [0.2, 0.25) is 0 Å². The zero-order valence-electron chi connectivity index (χ0n) is 16.2. The maximum atomic E-state index is 12.4. The normalized spacial score (nSPS) is 10.0. The number of amides is 2. The predicted octanol–water partition coefficient (Wildman–Crippen LogP) is 2.99. The van der Waals surface area contributed by atoms with Gasteiger partial charge in [-0.05, 0) is 56.4 Å². The Morgan fingerprint density at radius 3 is 2.59 bits per heavy atom. The maximum Gasteiger partial charge on any atom is 0.273 e. The molecule has 0 aliphatic heterocycles. The molecular weight excluding hydrogens is 390 g/mol. The fourth-order valence-corrected chi connectivity index (χ4v) is 2.44. The molecule has 29 heavy (non-hydrogen) atoms. The van der Waals surface area contributed by atoms with E-state index in [0.29, 0.717) is 22.6 Å². The highest BCUT2D eigenvalue weighted by atomic mass is 32.1. The van der Waals surface area contributed by atoms with Gasteiger partial charge in [-0.2, -0.15) is 0 Å². The molecule has 0 fully saturated rings. The summed E-state index contributed by atoms with van der Waals surface area (Å²) in [5, 5.41) is 2.45. The molecule has 2 amide bonds. The van der Waals surface area contributed by atoms with Gasteiger partial charge in [-0.25, -0.2) is 0 Å². The summed E-state index contributed by atoms with van der Waals surface area (Å²) in [4.78, 5) is 24.7. The van der Waals surface area contributed by atoms with Crippen LogP contribution < -0.4 is 25.6 Å². The third-order valence-corrected chi connectivity index (χ3v) is 3.68. The number of hydrogen-bond acceptors (Lipinski definition) is 5. The molecule has 0 heterocycles. The van der Waals surface area contributed by atoms with Gasteiger partial charge in [0.05, 0.1) is 11.7 Å². The Kier molecular flexibility index (Phi) is 8.17. The van der Waals surface area contributed by atoms with Crippen molar-refractivity contribution in [3.05, 3.63) is 72.3 Å². The Morgan fingerprint density at radius 1 is 1.10 bits per heavy atom. The van der Waals surface area contributed by atoms with E-state index in [1.165, 1.54) is 0 Å². The van der Waals surface area contributed by atoms with Crippen LogP contribution >= 0.6 is 12.2 Å². The van der Waals surface area contributed by atoms with E-state index >= 15 is 0 Å². The number of thiocarbonyl (C=S) groups is 1. The zero-order valence-corrected chi connectivity index (χ0v) is 17.0. The highest BCUT2D eigenvalue weighted by molar-refractivity contribution is 7.80. The molecule has 7 nitrogen and oxygen atoms in total. The summed E-state index contributed by atoms with van der Waals surface area (Å²) in [5.41, 5.74) is 5.63. The van der Waals surface area contributed by atoms with Crippen molar-refractivity contribution in [3.8, 4) is 11.5 Å².